The summed E-state index contributed by atoms with van der Waals surface area (Å²) < 4.78 is 1.65. The van der Waals surface area contributed by atoms with E-state index >= 15 is 0 Å². The van der Waals surface area contributed by atoms with Crippen LogP contribution in [0.25, 0.3) is 0 Å². The predicted molar refractivity (Wildman–Crippen MR) is 43.9 cm³/mol. The second kappa shape index (κ2) is 2.71. The number of nitrogens with one attached hydrogen (secondary N) is 1. The molecule has 4 nitrogen and oxygen atoms in total. The van der Waals surface area contributed by atoms with Gasteiger partial charge in [0.25, 0.3) is 0 Å². The molecule has 0 aliphatic carbocycles. The largest absolute Gasteiger partial charge is 0.315 e. The number of carbonyl (C=O) groups is 1. The molecule has 0 unspecified atom stereocenters. The van der Waals surface area contributed by atoms with E-state index in [1.54, 1.807) is 16.9 Å². The van der Waals surface area contributed by atoms with E-state index in [-0.39, 0.29) is 11.7 Å². The highest BCUT2D eigenvalue weighted by atomic mass is 16.1. The minimum atomic E-state index is 0.153. The van der Waals surface area contributed by atoms with Crippen molar-refractivity contribution in [3.05, 3.63) is 18.0 Å². The Kier molecular flexibility index (Phi) is 1.69. The van der Waals surface area contributed by atoms with Gasteiger partial charge in [0.1, 0.15) is 5.69 Å². The van der Waals surface area contributed by atoms with Crippen LogP contribution in [0, 0.1) is 5.92 Å². The molecule has 0 radical (unpaired) electrons. The van der Waals surface area contributed by atoms with Gasteiger partial charge in [-0.25, -0.2) is 0 Å². The summed E-state index contributed by atoms with van der Waals surface area (Å²) in [6.07, 6.45) is 1.79. The zero-order valence-corrected chi connectivity index (χ0v) is 6.95. The van der Waals surface area contributed by atoms with Crippen molar-refractivity contribution < 1.29 is 4.79 Å². The Bertz CT molecular complexity index is 301. The van der Waals surface area contributed by atoms with Gasteiger partial charge in [-0.15, -0.1) is 0 Å². The summed E-state index contributed by atoms with van der Waals surface area (Å²) >= 11 is 0. The van der Waals surface area contributed by atoms with E-state index in [0.29, 0.717) is 5.69 Å². The Labute approximate surface area is 70.6 Å². The van der Waals surface area contributed by atoms with Gasteiger partial charge >= 0.3 is 0 Å². The van der Waals surface area contributed by atoms with Gasteiger partial charge in [0.2, 0.25) is 0 Å². The van der Waals surface area contributed by atoms with Crippen LogP contribution in [0.1, 0.15) is 10.5 Å². The van der Waals surface area contributed by atoms with E-state index in [0.717, 1.165) is 13.1 Å². The van der Waals surface area contributed by atoms with Gasteiger partial charge in [-0.05, 0) is 6.07 Å². The fourth-order valence-corrected chi connectivity index (χ4v) is 1.23. The third-order valence-electron chi connectivity index (χ3n) is 2.12. The third-order valence-corrected chi connectivity index (χ3v) is 2.12. The van der Waals surface area contributed by atoms with Crippen LogP contribution in [0.5, 0.6) is 0 Å². The van der Waals surface area contributed by atoms with Crippen LogP contribution in [-0.2, 0) is 7.05 Å². The molecule has 1 N–H and O–H groups in total. The number of hydrogen-bond acceptors (Lipinski definition) is 3. The molecule has 2 heterocycles. The second-order valence-electron chi connectivity index (χ2n) is 3.09. The van der Waals surface area contributed by atoms with Gasteiger partial charge in [-0.2, -0.15) is 5.10 Å². The molecule has 1 aromatic heterocycles. The Morgan fingerprint density at radius 2 is 2.50 bits per heavy atom. The molecule has 0 atom stereocenters. The molecule has 0 spiro atoms. The first kappa shape index (κ1) is 7.49. The van der Waals surface area contributed by atoms with Crippen LogP contribution in [0.2, 0.25) is 0 Å². The summed E-state index contributed by atoms with van der Waals surface area (Å²) in [5.41, 5.74) is 0.587. The van der Waals surface area contributed by atoms with Crippen LogP contribution in [0.3, 0.4) is 0 Å². The van der Waals surface area contributed by atoms with Gasteiger partial charge in [0.15, 0.2) is 5.78 Å². The fourth-order valence-electron chi connectivity index (χ4n) is 1.23. The lowest BCUT2D eigenvalue weighted by molar-refractivity contribution is 0.0872. The Morgan fingerprint density at radius 1 is 1.75 bits per heavy atom. The van der Waals surface area contributed by atoms with E-state index in [4.69, 9.17) is 0 Å². The number of aromatic nitrogens is 2. The topological polar surface area (TPSA) is 46.9 Å². The molecule has 0 amide bonds. The van der Waals surface area contributed by atoms with Crippen molar-refractivity contribution in [1.29, 1.82) is 0 Å². The molecule has 1 fully saturated rings. The van der Waals surface area contributed by atoms with Crippen molar-refractivity contribution in [2.75, 3.05) is 13.1 Å². The van der Waals surface area contributed by atoms with Crippen molar-refractivity contribution in [2.24, 2.45) is 13.0 Å². The van der Waals surface area contributed by atoms with Crippen molar-refractivity contribution in [3.63, 3.8) is 0 Å². The summed E-state index contributed by atoms with van der Waals surface area (Å²) in [7, 11) is 1.82. The highest BCUT2D eigenvalue weighted by molar-refractivity contribution is 5.96. The van der Waals surface area contributed by atoms with Crippen LogP contribution >= 0.6 is 0 Å². The molecule has 1 aliphatic heterocycles. The molecule has 1 aromatic rings. The number of nitrogens with zero attached hydrogens (tertiary/aromatic N) is 2. The zero-order valence-electron chi connectivity index (χ0n) is 6.95. The first-order valence-corrected chi connectivity index (χ1v) is 4.02. The highest BCUT2D eigenvalue weighted by Crippen LogP contribution is 2.10. The van der Waals surface area contributed by atoms with Gasteiger partial charge in [0.05, 0.1) is 0 Å². The van der Waals surface area contributed by atoms with E-state index in [2.05, 4.69) is 10.4 Å². The lowest BCUT2D eigenvalue weighted by Crippen LogP contribution is -2.46. The minimum absolute atomic E-state index is 0.153. The molecule has 4 heteroatoms. The average Bonchev–Trinajstić information content (AvgIpc) is 2.31. The number of aryl methyl sites for hydroxylation is 1. The summed E-state index contributed by atoms with van der Waals surface area (Å²) in [5.74, 6) is 0.314. The summed E-state index contributed by atoms with van der Waals surface area (Å²) in [5, 5.41) is 7.12. The minimum Gasteiger partial charge on any atom is -0.315 e. The third kappa shape index (κ3) is 1.14. The molecule has 1 aliphatic rings. The quantitative estimate of drug-likeness (QED) is 0.618. The van der Waals surface area contributed by atoms with Crippen molar-refractivity contribution in [3.8, 4) is 0 Å². The zero-order chi connectivity index (χ0) is 8.55. The van der Waals surface area contributed by atoms with Gasteiger partial charge in [-0.1, -0.05) is 0 Å². The summed E-state index contributed by atoms with van der Waals surface area (Å²) in [4.78, 5) is 11.5. The monoisotopic (exact) mass is 165 g/mol. The lowest BCUT2D eigenvalue weighted by atomic mass is 9.96. The SMILES string of the molecule is Cn1ccc(C(=O)C2CNC2)n1. The van der Waals surface area contributed by atoms with E-state index in [9.17, 15) is 4.79 Å². The fraction of sp³-hybridized carbons (Fsp3) is 0.500. The number of hydrogen-bond donors (Lipinski definition) is 1. The first-order chi connectivity index (χ1) is 5.77. The Hall–Kier alpha value is -1.16. The smallest absolute Gasteiger partial charge is 0.188 e. The molecule has 0 aromatic carbocycles. The maximum atomic E-state index is 11.5. The molecule has 0 saturated carbocycles. The highest BCUT2D eigenvalue weighted by Gasteiger charge is 2.27. The predicted octanol–water partition coefficient (Wildman–Crippen LogP) is -0.178. The number of carbonyl (C=O) groups excluding carboxylic acids is 1. The standard InChI is InChI=1S/C8H11N3O/c1-11-3-2-7(10-11)8(12)6-4-9-5-6/h2-3,6,9H,4-5H2,1H3. The molecule has 64 valence electrons. The Balaban J connectivity index is 2.13. The molecular formula is C8H11N3O. The molecule has 12 heavy (non-hydrogen) atoms. The van der Waals surface area contributed by atoms with Crippen LogP contribution in [0.15, 0.2) is 12.3 Å². The van der Waals surface area contributed by atoms with Crippen molar-refractivity contribution in [2.45, 2.75) is 0 Å². The number of ketones is 1. The number of Topliss-reactive ketones (excluding diaryl/α,β-unsaturated/α-hetero) is 1. The van der Waals surface area contributed by atoms with Crippen LogP contribution < -0.4 is 5.32 Å². The number of rotatable bonds is 2. The lowest BCUT2D eigenvalue weighted by Gasteiger charge is -2.24. The molecule has 0 bridgehead atoms. The van der Waals surface area contributed by atoms with E-state index in [1.807, 2.05) is 7.05 Å². The van der Waals surface area contributed by atoms with Crippen LogP contribution in [0.4, 0.5) is 0 Å². The first-order valence-electron chi connectivity index (χ1n) is 4.02. The van der Waals surface area contributed by atoms with Crippen LogP contribution in [-0.4, -0.2) is 28.7 Å². The van der Waals surface area contributed by atoms with Gasteiger partial charge in [-0.3, -0.25) is 9.48 Å². The van der Waals surface area contributed by atoms with Crippen molar-refractivity contribution in [1.82, 2.24) is 15.1 Å². The second-order valence-corrected chi connectivity index (χ2v) is 3.09. The molecule has 2 rings (SSSR count). The summed E-state index contributed by atoms with van der Waals surface area (Å²) in [6.45, 7) is 1.60. The van der Waals surface area contributed by atoms with E-state index in [1.165, 1.54) is 0 Å². The van der Waals surface area contributed by atoms with Gasteiger partial charge < -0.3 is 5.32 Å². The maximum absolute atomic E-state index is 11.5. The molecular weight excluding hydrogens is 154 g/mol. The average molecular weight is 165 g/mol. The summed E-state index contributed by atoms with van der Waals surface area (Å²) in [6, 6.07) is 1.76. The van der Waals surface area contributed by atoms with Crippen molar-refractivity contribution >= 4 is 5.78 Å². The maximum Gasteiger partial charge on any atom is 0.188 e. The van der Waals surface area contributed by atoms with E-state index < -0.39 is 0 Å². The van der Waals surface area contributed by atoms with Gasteiger partial charge in [0, 0.05) is 32.3 Å². The normalized spacial score (nSPS) is 17.4. The Morgan fingerprint density at radius 3 is 2.92 bits per heavy atom. The molecule has 1 saturated heterocycles.